The minimum Gasteiger partial charge on any atom is -0.323 e. The number of hydrogen-bond acceptors (Lipinski definition) is 6. The van der Waals surface area contributed by atoms with Crippen molar-refractivity contribution in [3.8, 4) is 11.4 Å². The number of hydrogen-bond donors (Lipinski definition) is 1. The third-order valence-corrected chi connectivity index (χ3v) is 3.95. The number of benzene rings is 2. The van der Waals surface area contributed by atoms with Crippen LogP contribution in [0.5, 0.6) is 0 Å². The van der Waals surface area contributed by atoms with Gasteiger partial charge in [0.25, 0.3) is 5.69 Å². The molecule has 1 aromatic heterocycles. The molecular weight excluding hydrogens is 417 g/mol. The van der Waals surface area contributed by atoms with Crippen LogP contribution in [-0.2, 0) is 17.5 Å². The number of nitrogens with one attached hydrogen (secondary N) is 1. The second-order valence-electron chi connectivity index (χ2n) is 5.69. The van der Waals surface area contributed by atoms with Crippen molar-refractivity contribution >= 4 is 28.9 Å². The third-order valence-electron chi connectivity index (χ3n) is 3.62. The number of rotatable bonds is 5. The van der Waals surface area contributed by atoms with Gasteiger partial charge in [-0.1, -0.05) is 23.7 Å². The average Bonchev–Trinajstić information content (AvgIpc) is 3.11. The number of nitro groups is 1. The summed E-state index contributed by atoms with van der Waals surface area (Å²) >= 11 is 5.90. The molecule has 1 N–H and O–H groups in total. The Morgan fingerprint density at radius 2 is 2.00 bits per heavy atom. The van der Waals surface area contributed by atoms with Gasteiger partial charge in [0.2, 0.25) is 11.7 Å². The highest BCUT2D eigenvalue weighted by atomic mass is 35.5. The number of aromatic nitrogens is 4. The summed E-state index contributed by atoms with van der Waals surface area (Å²) in [6.45, 7) is -0.440. The van der Waals surface area contributed by atoms with Crippen LogP contribution in [-0.4, -0.2) is 31.0 Å². The van der Waals surface area contributed by atoms with Crippen molar-refractivity contribution < 1.29 is 22.9 Å². The zero-order valence-corrected chi connectivity index (χ0v) is 15.0. The molecule has 0 spiro atoms. The fourth-order valence-corrected chi connectivity index (χ4v) is 2.47. The van der Waals surface area contributed by atoms with E-state index in [0.29, 0.717) is 0 Å². The van der Waals surface area contributed by atoms with Gasteiger partial charge in [0, 0.05) is 17.7 Å². The summed E-state index contributed by atoms with van der Waals surface area (Å²) in [7, 11) is 0. The molecule has 0 aliphatic carbocycles. The lowest BCUT2D eigenvalue weighted by atomic mass is 10.1. The van der Waals surface area contributed by atoms with Gasteiger partial charge in [0.05, 0.1) is 21.2 Å². The van der Waals surface area contributed by atoms with E-state index in [-0.39, 0.29) is 27.8 Å². The highest BCUT2D eigenvalue weighted by Crippen LogP contribution is 2.31. The number of amides is 1. The molecule has 0 aliphatic heterocycles. The quantitative estimate of drug-likeness (QED) is 0.492. The molecule has 0 unspecified atom stereocenters. The van der Waals surface area contributed by atoms with E-state index in [1.54, 1.807) is 0 Å². The molecule has 0 atom stereocenters. The van der Waals surface area contributed by atoms with Crippen LogP contribution in [0.15, 0.2) is 42.5 Å². The van der Waals surface area contributed by atoms with Crippen molar-refractivity contribution in [1.82, 2.24) is 20.2 Å². The molecule has 0 bridgehead atoms. The number of carbonyl (C=O) groups excluding carboxylic acids is 1. The van der Waals surface area contributed by atoms with Crippen LogP contribution in [0.25, 0.3) is 11.4 Å². The van der Waals surface area contributed by atoms with Crippen molar-refractivity contribution in [2.45, 2.75) is 12.7 Å². The summed E-state index contributed by atoms with van der Waals surface area (Å²) in [6, 6.07) is 7.88. The van der Waals surface area contributed by atoms with Crippen molar-refractivity contribution in [3.63, 3.8) is 0 Å². The molecule has 2 aromatic carbocycles. The second kappa shape index (κ2) is 7.83. The first-order chi connectivity index (χ1) is 13.6. The Morgan fingerprint density at radius 3 is 2.69 bits per heavy atom. The summed E-state index contributed by atoms with van der Waals surface area (Å²) in [5.74, 6) is -0.766. The average molecular weight is 427 g/mol. The molecule has 0 saturated heterocycles. The van der Waals surface area contributed by atoms with Gasteiger partial charge in [-0.3, -0.25) is 14.9 Å². The van der Waals surface area contributed by atoms with Crippen LogP contribution in [0.3, 0.4) is 0 Å². The van der Waals surface area contributed by atoms with E-state index in [0.717, 1.165) is 23.0 Å². The van der Waals surface area contributed by atoms with E-state index in [9.17, 15) is 28.1 Å². The van der Waals surface area contributed by atoms with Gasteiger partial charge in [-0.25, -0.2) is 0 Å². The number of carbonyl (C=O) groups is 1. The maximum atomic E-state index is 12.8. The molecule has 0 saturated carbocycles. The third kappa shape index (κ3) is 4.85. The summed E-state index contributed by atoms with van der Waals surface area (Å²) in [6.07, 6.45) is -4.52. The van der Waals surface area contributed by atoms with Gasteiger partial charge in [-0.15, -0.1) is 10.2 Å². The summed E-state index contributed by atoms with van der Waals surface area (Å²) in [4.78, 5) is 23.2. The smallest absolute Gasteiger partial charge is 0.323 e. The Balaban J connectivity index is 1.73. The van der Waals surface area contributed by atoms with E-state index >= 15 is 0 Å². The standard InChI is InChI=1S/C16H10ClF3N6O3/c17-12-5-4-11(26(28)29)7-13(12)21-14(27)8-25-23-15(22-24-25)9-2-1-3-10(6-9)16(18,19)20/h1-7H,8H2,(H,21,27). The largest absolute Gasteiger partial charge is 0.416 e. The van der Waals surface area contributed by atoms with Gasteiger partial charge in [-0.2, -0.15) is 18.0 Å². The van der Waals surface area contributed by atoms with Crippen LogP contribution in [0, 0.1) is 10.1 Å². The van der Waals surface area contributed by atoms with E-state index in [1.807, 2.05) is 0 Å². The van der Waals surface area contributed by atoms with Crippen LogP contribution in [0.1, 0.15) is 5.56 Å². The van der Waals surface area contributed by atoms with Gasteiger partial charge in [-0.05, 0) is 23.4 Å². The number of tetrazole rings is 1. The van der Waals surface area contributed by atoms with Crippen molar-refractivity contribution in [2.24, 2.45) is 0 Å². The molecule has 13 heteroatoms. The maximum absolute atomic E-state index is 12.8. The molecule has 3 rings (SSSR count). The number of nitro benzene ring substituents is 1. The molecule has 9 nitrogen and oxygen atoms in total. The predicted molar refractivity (Wildman–Crippen MR) is 95.0 cm³/mol. The summed E-state index contributed by atoms with van der Waals surface area (Å²) in [5.41, 5.74) is -1.04. The first-order valence-electron chi connectivity index (χ1n) is 7.83. The fourth-order valence-electron chi connectivity index (χ4n) is 2.30. The van der Waals surface area contributed by atoms with E-state index in [2.05, 4.69) is 20.7 Å². The Labute approximate surface area is 165 Å². The highest BCUT2D eigenvalue weighted by Gasteiger charge is 2.30. The Kier molecular flexibility index (Phi) is 5.46. The molecular formula is C16H10ClF3N6O3. The normalized spacial score (nSPS) is 11.3. The highest BCUT2D eigenvalue weighted by molar-refractivity contribution is 6.33. The molecule has 3 aromatic rings. The second-order valence-corrected chi connectivity index (χ2v) is 6.10. The van der Waals surface area contributed by atoms with Gasteiger partial charge in [0.15, 0.2) is 0 Å². The fraction of sp³-hybridized carbons (Fsp3) is 0.125. The van der Waals surface area contributed by atoms with Gasteiger partial charge < -0.3 is 5.32 Å². The van der Waals surface area contributed by atoms with E-state index in [1.165, 1.54) is 24.3 Å². The lowest BCUT2D eigenvalue weighted by molar-refractivity contribution is -0.384. The molecule has 0 aliphatic rings. The maximum Gasteiger partial charge on any atom is 0.416 e. The molecule has 0 radical (unpaired) electrons. The van der Waals surface area contributed by atoms with E-state index < -0.39 is 29.1 Å². The van der Waals surface area contributed by atoms with Crippen LogP contribution < -0.4 is 5.32 Å². The van der Waals surface area contributed by atoms with Crippen LogP contribution in [0.4, 0.5) is 24.5 Å². The van der Waals surface area contributed by atoms with Crippen LogP contribution in [0.2, 0.25) is 5.02 Å². The zero-order chi connectivity index (χ0) is 21.2. The molecule has 1 heterocycles. The topological polar surface area (TPSA) is 116 Å². The van der Waals surface area contributed by atoms with Crippen LogP contribution >= 0.6 is 11.6 Å². The number of anilines is 1. The first-order valence-corrected chi connectivity index (χ1v) is 8.20. The van der Waals surface area contributed by atoms with Crippen molar-refractivity contribution in [3.05, 3.63) is 63.2 Å². The monoisotopic (exact) mass is 426 g/mol. The lowest BCUT2D eigenvalue weighted by Crippen LogP contribution is -2.20. The zero-order valence-electron chi connectivity index (χ0n) is 14.2. The number of nitrogens with zero attached hydrogens (tertiary/aromatic N) is 5. The number of non-ortho nitro benzene ring substituents is 1. The lowest BCUT2D eigenvalue weighted by Gasteiger charge is -2.07. The Morgan fingerprint density at radius 1 is 1.24 bits per heavy atom. The number of halogens is 4. The SMILES string of the molecule is O=C(Cn1nnc(-c2cccc(C(F)(F)F)c2)n1)Nc1cc([N+](=O)[O-])ccc1Cl. The Bertz CT molecular complexity index is 1090. The number of alkyl halides is 3. The summed E-state index contributed by atoms with van der Waals surface area (Å²) in [5, 5.41) is 24.4. The minimum absolute atomic E-state index is 0.0177. The van der Waals surface area contributed by atoms with Crippen molar-refractivity contribution in [2.75, 3.05) is 5.32 Å². The molecule has 1 amide bonds. The first kappa shape index (κ1) is 20.2. The van der Waals surface area contributed by atoms with Gasteiger partial charge in [0.1, 0.15) is 6.54 Å². The molecule has 29 heavy (non-hydrogen) atoms. The summed E-state index contributed by atoms with van der Waals surface area (Å²) < 4.78 is 38.4. The minimum atomic E-state index is -4.52. The van der Waals surface area contributed by atoms with E-state index in [4.69, 9.17) is 11.6 Å². The van der Waals surface area contributed by atoms with Gasteiger partial charge >= 0.3 is 6.18 Å². The Hall–Kier alpha value is -3.54. The van der Waals surface area contributed by atoms with Crippen molar-refractivity contribution in [1.29, 1.82) is 0 Å². The molecule has 150 valence electrons. The molecule has 0 fully saturated rings. The predicted octanol–water partition coefficient (Wildman–Crippen LogP) is 3.56.